The molecule has 0 spiro atoms. The van der Waals surface area contributed by atoms with Crippen molar-refractivity contribution in [1.82, 2.24) is 0 Å². The van der Waals surface area contributed by atoms with Crippen LogP contribution in [0, 0.1) is 143 Å². The van der Waals surface area contributed by atoms with Crippen molar-refractivity contribution in [2.24, 2.45) is 0 Å². The Morgan fingerprint density at radius 2 is 0.632 bits per heavy atom. The second kappa shape index (κ2) is 31.5. The number of hydrogen-bond donors (Lipinski definition) is 0. The molecule has 3 radical (unpaired) electrons. The Bertz CT molecular complexity index is 1740. The summed E-state index contributed by atoms with van der Waals surface area (Å²) in [6, 6.07) is 41.4. The molecule has 0 fully saturated rings. The van der Waals surface area contributed by atoms with E-state index in [1.165, 1.54) is 100 Å². The SMILES string of the molecule is Cc1[c-]cc(C)c(C)c1.Cc1[c-]cc(C)c(C)c1.Cc1c[c-]c(C)c(C)c1.Cc1ccc(C)c(C)c1.Cc1ccc(C)c(C)c1.Cc1cccc(C)c1C.[Y].[Y].[Y]. The topological polar surface area (TPSA) is 0 Å². The van der Waals surface area contributed by atoms with Crippen LogP contribution in [0.25, 0.3) is 0 Å². The van der Waals surface area contributed by atoms with Crippen molar-refractivity contribution in [3.05, 3.63) is 209 Å². The monoisotopic (exact) mass is 984 g/mol. The first kappa shape index (κ1) is 59.9. The van der Waals surface area contributed by atoms with Gasteiger partial charge in [-0.05, 0) is 101 Å². The van der Waals surface area contributed by atoms with Gasteiger partial charge in [0.2, 0.25) is 0 Å². The van der Waals surface area contributed by atoms with Gasteiger partial charge in [-0.25, -0.2) is 0 Å². The molecule has 0 saturated carbocycles. The molecule has 3 heteroatoms. The number of benzene rings is 6. The van der Waals surface area contributed by atoms with Crippen LogP contribution in [0.2, 0.25) is 0 Å². The van der Waals surface area contributed by atoms with Gasteiger partial charge in [-0.1, -0.05) is 128 Å². The molecule has 0 bridgehead atoms. The number of aryl methyl sites for hydroxylation is 17. The Morgan fingerprint density at radius 3 is 0.895 bits per heavy atom. The molecular formula is C54H69Y3-3. The minimum Gasteiger partial charge on any atom is -0.180 e. The zero-order valence-corrected chi connectivity index (χ0v) is 47.4. The molecule has 0 saturated heterocycles. The summed E-state index contributed by atoms with van der Waals surface area (Å²) >= 11 is 0. The Balaban J connectivity index is -0.000000607. The maximum Gasteiger partial charge on any atom is 0 e. The second-order valence-corrected chi connectivity index (χ2v) is 15.1. The molecule has 6 aromatic rings. The van der Waals surface area contributed by atoms with Crippen LogP contribution in [0.5, 0.6) is 0 Å². The predicted molar refractivity (Wildman–Crippen MR) is 240 cm³/mol. The Hall–Kier alpha value is -1.37. The fourth-order valence-corrected chi connectivity index (χ4v) is 5.14. The van der Waals surface area contributed by atoms with Crippen molar-refractivity contribution in [3.8, 4) is 0 Å². The van der Waals surface area contributed by atoms with E-state index in [1.54, 1.807) is 0 Å². The van der Waals surface area contributed by atoms with Gasteiger partial charge in [0, 0.05) is 98.1 Å². The first-order valence-electron chi connectivity index (χ1n) is 19.2. The smallest absolute Gasteiger partial charge is 0 e. The molecule has 0 N–H and O–H groups in total. The normalized spacial score (nSPS) is 9.16. The van der Waals surface area contributed by atoms with Crippen molar-refractivity contribution >= 4 is 0 Å². The third-order valence-corrected chi connectivity index (χ3v) is 9.90. The van der Waals surface area contributed by atoms with Crippen molar-refractivity contribution in [2.75, 3.05) is 0 Å². The summed E-state index contributed by atoms with van der Waals surface area (Å²) in [5, 5.41) is 0. The van der Waals surface area contributed by atoms with Crippen LogP contribution < -0.4 is 0 Å². The summed E-state index contributed by atoms with van der Waals surface area (Å²) in [5.74, 6) is 0. The van der Waals surface area contributed by atoms with E-state index in [1.807, 2.05) is 18.2 Å². The van der Waals surface area contributed by atoms with Gasteiger partial charge in [-0.2, -0.15) is 105 Å². The molecule has 0 unspecified atom stereocenters. The molecule has 0 nitrogen and oxygen atoms in total. The van der Waals surface area contributed by atoms with Gasteiger partial charge in [0.15, 0.2) is 0 Å². The van der Waals surface area contributed by atoms with Crippen LogP contribution in [0.3, 0.4) is 0 Å². The van der Waals surface area contributed by atoms with E-state index < -0.39 is 0 Å². The molecule has 0 aliphatic heterocycles. The first-order chi connectivity index (χ1) is 25.2. The number of hydrogen-bond acceptors (Lipinski definition) is 0. The fourth-order valence-electron chi connectivity index (χ4n) is 5.14. The third-order valence-electron chi connectivity index (χ3n) is 9.90. The summed E-state index contributed by atoms with van der Waals surface area (Å²) < 4.78 is 0. The summed E-state index contributed by atoms with van der Waals surface area (Å²) in [7, 11) is 0. The first-order valence-corrected chi connectivity index (χ1v) is 19.2. The summed E-state index contributed by atoms with van der Waals surface area (Å²) in [4.78, 5) is 0. The molecule has 0 atom stereocenters. The average molecular weight is 985 g/mol. The van der Waals surface area contributed by atoms with Gasteiger partial charge in [0.25, 0.3) is 0 Å². The Labute approximate surface area is 426 Å². The molecule has 0 aromatic heterocycles. The van der Waals surface area contributed by atoms with Crippen LogP contribution in [-0.2, 0) is 98.1 Å². The Kier molecular flexibility index (Phi) is 33.1. The third kappa shape index (κ3) is 25.1. The standard InChI is InChI=1S/2C9H12.3C9H11.C9H12.3Y/c5*1-7-4-5-8(2)9(3)6-7;1-7-5-4-6-8(2)9(7)3;;;/h2*4-6H,1-3H3;2*5-6H,1-3H3;4,6H,1-3H3;4-6H,1-3H3;;;/q;;3*-1;;;;. The van der Waals surface area contributed by atoms with Crippen LogP contribution in [-0.4, -0.2) is 0 Å². The Morgan fingerprint density at radius 1 is 0.281 bits per heavy atom. The van der Waals surface area contributed by atoms with Crippen molar-refractivity contribution in [2.45, 2.75) is 125 Å². The van der Waals surface area contributed by atoms with Gasteiger partial charge < -0.3 is 0 Å². The maximum atomic E-state index is 3.17. The zero-order valence-electron chi connectivity index (χ0n) is 38.9. The van der Waals surface area contributed by atoms with Crippen LogP contribution in [0.4, 0.5) is 0 Å². The molecule has 0 aliphatic rings. The molecule has 57 heavy (non-hydrogen) atoms. The minimum absolute atomic E-state index is 0. The van der Waals surface area contributed by atoms with Crippen LogP contribution in [0.1, 0.15) is 100 Å². The molecule has 0 heterocycles. The van der Waals surface area contributed by atoms with Crippen LogP contribution in [0.15, 0.2) is 91.0 Å². The summed E-state index contributed by atoms with van der Waals surface area (Å²) in [5.41, 5.74) is 24.0. The van der Waals surface area contributed by atoms with Crippen molar-refractivity contribution in [1.29, 1.82) is 0 Å². The average Bonchev–Trinajstić information content (AvgIpc) is 3.10. The van der Waals surface area contributed by atoms with E-state index in [4.69, 9.17) is 0 Å². The van der Waals surface area contributed by atoms with Crippen LogP contribution >= 0.6 is 0 Å². The summed E-state index contributed by atoms with van der Waals surface area (Å²) in [6.45, 7) is 38.1. The van der Waals surface area contributed by atoms with E-state index in [0.717, 1.165) is 0 Å². The van der Waals surface area contributed by atoms with Gasteiger partial charge >= 0.3 is 0 Å². The van der Waals surface area contributed by atoms with E-state index in [2.05, 4.69) is 216 Å². The van der Waals surface area contributed by atoms with Gasteiger partial charge in [-0.3, -0.25) is 0 Å². The minimum atomic E-state index is 0. The molecule has 0 aliphatic carbocycles. The van der Waals surface area contributed by atoms with Gasteiger partial charge in [0.05, 0.1) is 0 Å². The van der Waals surface area contributed by atoms with E-state index in [-0.39, 0.29) is 98.1 Å². The molecule has 6 aromatic carbocycles. The largest absolute Gasteiger partial charge is 0.180 e. The predicted octanol–water partition coefficient (Wildman–Crippen LogP) is 15.1. The second-order valence-electron chi connectivity index (χ2n) is 15.1. The van der Waals surface area contributed by atoms with Crippen molar-refractivity contribution < 1.29 is 98.1 Å². The summed E-state index contributed by atoms with van der Waals surface area (Å²) in [6.07, 6.45) is 0. The van der Waals surface area contributed by atoms with Crippen molar-refractivity contribution in [3.63, 3.8) is 0 Å². The maximum absolute atomic E-state index is 3.17. The molecule has 6 rings (SSSR count). The van der Waals surface area contributed by atoms with E-state index in [9.17, 15) is 0 Å². The molecular weight excluding hydrogens is 915 g/mol. The quantitative estimate of drug-likeness (QED) is 0.133. The number of rotatable bonds is 0. The zero-order chi connectivity index (χ0) is 41.1. The molecule has 0 amide bonds. The van der Waals surface area contributed by atoms with Gasteiger partial charge in [0.1, 0.15) is 0 Å². The van der Waals surface area contributed by atoms with E-state index >= 15 is 0 Å². The molecule has 297 valence electrons. The fraction of sp³-hybridized carbons (Fsp3) is 0.333. The van der Waals surface area contributed by atoms with Gasteiger partial charge in [-0.15, -0.1) is 0 Å². The van der Waals surface area contributed by atoms with E-state index in [0.29, 0.717) is 0 Å².